The third-order valence-corrected chi connectivity index (χ3v) is 1.52. The quantitative estimate of drug-likeness (QED) is 0.677. The van der Waals surface area contributed by atoms with Gasteiger partial charge in [-0.25, -0.2) is 9.89 Å². The average molecular weight is 207 g/mol. The molecule has 0 radical (unpaired) electrons. The molecule has 0 aromatic carbocycles. The number of nitrogens with one attached hydrogen (secondary N) is 1. The van der Waals surface area contributed by atoms with Crippen LogP contribution in [0.3, 0.4) is 0 Å². The molecule has 0 spiro atoms. The second kappa shape index (κ2) is 2.45. The van der Waals surface area contributed by atoms with Crippen molar-refractivity contribution in [1.82, 2.24) is 14.9 Å². The molecule has 1 heterocycles. The number of aromatic nitrogens is 3. The van der Waals surface area contributed by atoms with Crippen molar-refractivity contribution in [2.24, 2.45) is 0 Å². The molecular weight excluding hydrogens is 200 g/mol. The molecule has 0 aliphatic carbocycles. The monoisotopic (exact) mass is 206 g/mol. The van der Waals surface area contributed by atoms with Gasteiger partial charge in [0.15, 0.2) is 0 Å². The molecule has 1 rings (SSSR count). The number of hydrogen-bond donors (Lipinski definition) is 1. The Bertz CT molecular complexity index is 275. The topological polar surface area (TPSA) is 53.9 Å². The first-order chi connectivity index (χ1) is 4.63. The van der Waals surface area contributed by atoms with E-state index in [1.165, 1.54) is 4.68 Å². The predicted octanol–water partition coefficient (Wildman–Crippen LogP) is -0.469. The van der Waals surface area contributed by atoms with Crippen LogP contribution in [0.4, 0.5) is 0 Å². The smallest absolute Gasteiger partial charge is 0.313 e. The highest BCUT2D eigenvalue weighted by Gasteiger charge is 2.04. The summed E-state index contributed by atoms with van der Waals surface area (Å²) in [6.45, 7) is 0. The van der Waals surface area contributed by atoms with E-state index in [-0.39, 0.29) is 5.69 Å². The number of aromatic amines is 1. The minimum absolute atomic E-state index is 0.253. The van der Waals surface area contributed by atoms with Crippen molar-refractivity contribution in [2.45, 2.75) is 0 Å². The molecule has 0 saturated carbocycles. The van der Waals surface area contributed by atoms with Gasteiger partial charge in [-0.15, -0.1) is 5.10 Å². The summed E-state index contributed by atoms with van der Waals surface area (Å²) in [5.74, 6) is 0. The van der Waals surface area contributed by atoms with Crippen LogP contribution < -0.4 is 10.7 Å². The summed E-state index contributed by atoms with van der Waals surface area (Å²) in [6, 6.07) is 0. The highest BCUT2D eigenvalue weighted by atomic mass is 79.9. The molecule has 0 unspecified atom stereocenters. The maximum absolute atomic E-state index is 10.9. The minimum Gasteiger partial charge on any atom is -0.313 e. The fourth-order valence-corrected chi connectivity index (χ4v) is 1.19. The van der Waals surface area contributed by atoms with Gasteiger partial charge < -0.3 is 5.01 Å². The van der Waals surface area contributed by atoms with Crippen LogP contribution in [0.25, 0.3) is 0 Å². The molecule has 56 valence electrons. The van der Waals surface area contributed by atoms with Crippen molar-refractivity contribution >= 4 is 15.9 Å². The van der Waals surface area contributed by atoms with Crippen molar-refractivity contribution in [1.29, 1.82) is 0 Å². The largest absolute Gasteiger partial charge is 0.363 e. The van der Waals surface area contributed by atoms with Crippen LogP contribution in [-0.2, 0) is 0 Å². The van der Waals surface area contributed by atoms with Crippen LogP contribution in [0, 0.1) is 0 Å². The molecule has 1 aromatic heterocycles. The fraction of sp³-hybridized carbons (Fsp3) is 0.500. The van der Waals surface area contributed by atoms with E-state index in [0.29, 0.717) is 4.73 Å². The lowest BCUT2D eigenvalue weighted by Crippen LogP contribution is -2.34. The van der Waals surface area contributed by atoms with Gasteiger partial charge in [-0.1, -0.05) is 0 Å². The van der Waals surface area contributed by atoms with Crippen LogP contribution in [0.1, 0.15) is 0 Å². The Labute approximate surface area is 65.7 Å². The predicted molar refractivity (Wildman–Crippen MR) is 40.6 cm³/mol. The molecule has 0 amide bonds. The van der Waals surface area contributed by atoms with Crippen LogP contribution in [0.2, 0.25) is 0 Å². The van der Waals surface area contributed by atoms with Gasteiger partial charge in [-0.2, -0.15) is 4.68 Å². The van der Waals surface area contributed by atoms with Crippen LogP contribution >= 0.6 is 15.9 Å². The number of halogens is 1. The van der Waals surface area contributed by atoms with Crippen LogP contribution in [0.15, 0.2) is 9.53 Å². The zero-order valence-electron chi connectivity index (χ0n) is 5.63. The Morgan fingerprint density at radius 1 is 1.70 bits per heavy atom. The van der Waals surface area contributed by atoms with Gasteiger partial charge in [0, 0.05) is 14.1 Å². The lowest BCUT2D eigenvalue weighted by atomic mass is 11.0. The van der Waals surface area contributed by atoms with Gasteiger partial charge in [0.2, 0.25) is 4.73 Å². The standard InChI is InChI=1S/C4H7BrN4O/c1-8(2)9-3(5)6-7-4(9)10/h1-2H3,(H,7,10). The van der Waals surface area contributed by atoms with E-state index in [4.69, 9.17) is 0 Å². The molecule has 1 aromatic rings. The van der Waals surface area contributed by atoms with Crippen LogP contribution in [-0.4, -0.2) is 29.0 Å². The SMILES string of the molecule is CN(C)n1c(Br)n[nH]c1=O. The highest BCUT2D eigenvalue weighted by Crippen LogP contribution is 1.98. The molecule has 0 fully saturated rings. The molecular formula is C4H7BrN4O. The van der Waals surface area contributed by atoms with E-state index in [2.05, 4.69) is 26.1 Å². The molecule has 1 N–H and O–H groups in total. The Kier molecular flexibility index (Phi) is 1.80. The maximum Gasteiger partial charge on any atom is 0.363 e. The van der Waals surface area contributed by atoms with Crippen molar-refractivity contribution in [3.05, 3.63) is 15.2 Å². The Morgan fingerprint density at radius 2 is 2.30 bits per heavy atom. The van der Waals surface area contributed by atoms with E-state index in [1.54, 1.807) is 19.1 Å². The van der Waals surface area contributed by atoms with E-state index >= 15 is 0 Å². The van der Waals surface area contributed by atoms with E-state index in [1.807, 2.05) is 0 Å². The lowest BCUT2D eigenvalue weighted by molar-refractivity contribution is 0.686. The lowest BCUT2D eigenvalue weighted by Gasteiger charge is -2.11. The summed E-state index contributed by atoms with van der Waals surface area (Å²) in [7, 11) is 3.50. The first-order valence-electron chi connectivity index (χ1n) is 2.63. The van der Waals surface area contributed by atoms with E-state index in [9.17, 15) is 4.79 Å². The summed E-state index contributed by atoms with van der Waals surface area (Å²) >= 11 is 3.10. The van der Waals surface area contributed by atoms with Crippen molar-refractivity contribution in [2.75, 3.05) is 19.1 Å². The summed E-state index contributed by atoms with van der Waals surface area (Å²) < 4.78 is 1.84. The van der Waals surface area contributed by atoms with Crippen LogP contribution in [0.5, 0.6) is 0 Å². The number of nitrogens with zero attached hydrogens (tertiary/aromatic N) is 3. The molecule has 10 heavy (non-hydrogen) atoms. The highest BCUT2D eigenvalue weighted by molar-refractivity contribution is 9.10. The van der Waals surface area contributed by atoms with Gasteiger partial charge in [-0.3, -0.25) is 0 Å². The first-order valence-corrected chi connectivity index (χ1v) is 3.42. The normalized spacial score (nSPS) is 9.90. The maximum atomic E-state index is 10.9. The molecule has 6 heteroatoms. The fourth-order valence-electron chi connectivity index (χ4n) is 0.619. The van der Waals surface area contributed by atoms with Gasteiger partial charge in [0.1, 0.15) is 0 Å². The van der Waals surface area contributed by atoms with Gasteiger partial charge in [-0.05, 0) is 15.9 Å². The first kappa shape index (κ1) is 7.33. The zero-order chi connectivity index (χ0) is 7.72. The Morgan fingerprint density at radius 3 is 2.50 bits per heavy atom. The van der Waals surface area contributed by atoms with E-state index in [0.717, 1.165) is 0 Å². The molecule has 0 aliphatic rings. The summed E-state index contributed by atoms with van der Waals surface area (Å²) in [6.07, 6.45) is 0. The third-order valence-electron chi connectivity index (χ3n) is 1.01. The van der Waals surface area contributed by atoms with Gasteiger partial charge in [0.25, 0.3) is 0 Å². The second-order valence-electron chi connectivity index (χ2n) is 1.96. The number of H-pyrrole nitrogens is 1. The summed E-state index contributed by atoms with van der Waals surface area (Å²) in [5.41, 5.74) is -0.253. The molecule has 0 aliphatic heterocycles. The Hall–Kier alpha value is -0.780. The second-order valence-corrected chi connectivity index (χ2v) is 2.67. The third kappa shape index (κ3) is 1.06. The number of hydrogen-bond acceptors (Lipinski definition) is 3. The minimum atomic E-state index is -0.253. The molecule has 5 nitrogen and oxygen atoms in total. The summed E-state index contributed by atoms with van der Waals surface area (Å²) in [4.78, 5) is 10.9. The van der Waals surface area contributed by atoms with Crippen molar-refractivity contribution in [3.63, 3.8) is 0 Å². The molecule has 0 atom stereocenters. The number of rotatable bonds is 1. The molecule has 0 bridgehead atoms. The zero-order valence-corrected chi connectivity index (χ0v) is 7.21. The van der Waals surface area contributed by atoms with Gasteiger partial charge >= 0.3 is 5.69 Å². The van der Waals surface area contributed by atoms with Crippen molar-refractivity contribution < 1.29 is 0 Å². The average Bonchev–Trinajstić information content (AvgIpc) is 2.11. The Balaban J connectivity index is 3.23. The summed E-state index contributed by atoms with van der Waals surface area (Å²) in [5, 5.41) is 7.55. The van der Waals surface area contributed by atoms with Gasteiger partial charge in [0.05, 0.1) is 0 Å². The van der Waals surface area contributed by atoms with E-state index < -0.39 is 0 Å². The molecule has 0 saturated heterocycles. The van der Waals surface area contributed by atoms with Crippen molar-refractivity contribution in [3.8, 4) is 0 Å².